The molecule has 134 valence electrons. The lowest BCUT2D eigenvalue weighted by atomic mass is 9.54. The molecular weight excluding hydrogens is 347 g/mol. The number of benzene rings is 1. The van der Waals surface area contributed by atoms with Gasteiger partial charge in [0, 0.05) is 41.0 Å². The van der Waals surface area contributed by atoms with Crippen molar-refractivity contribution >= 4 is 29.1 Å². The Hall–Kier alpha value is -0.810. The molecule has 0 aromatic heterocycles. The van der Waals surface area contributed by atoms with Gasteiger partial charge in [0.05, 0.1) is 6.10 Å². The second kappa shape index (κ2) is 7.20. The van der Waals surface area contributed by atoms with Crippen LogP contribution in [-0.2, 0) is 9.53 Å². The van der Waals surface area contributed by atoms with Gasteiger partial charge in [0.15, 0.2) is 0 Å². The van der Waals surface area contributed by atoms with Gasteiger partial charge in [-0.05, 0) is 24.6 Å². The molecule has 1 aromatic rings. The number of ether oxygens (including phenoxy) is 1. The summed E-state index contributed by atoms with van der Waals surface area (Å²) in [5, 5.41) is 4.17. The van der Waals surface area contributed by atoms with E-state index in [4.69, 9.17) is 33.7 Å². The maximum absolute atomic E-state index is 12.7. The summed E-state index contributed by atoms with van der Waals surface area (Å²) in [5.74, 6) is -0.164. The average molecular weight is 373 g/mol. The summed E-state index contributed by atoms with van der Waals surface area (Å²) >= 11 is 12.5. The van der Waals surface area contributed by atoms with Gasteiger partial charge in [0.1, 0.15) is 5.54 Å². The van der Waals surface area contributed by atoms with E-state index in [0.29, 0.717) is 29.6 Å². The Balaban J connectivity index is 2.01. The summed E-state index contributed by atoms with van der Waals surface area (Å²) in [4.78, 5) is 12.7. The predicted molar refractivity (Wildman–Crippen MR) is 98.6 cm³/mol. The number of rotatable bonds is 6. The maximum atomic E-state index is 12.7. The third-order valence-corrected chi connectivity index (χ3v) is 5.96. The van der Waals surface area contributed by atoms with Crippen molar-refractivity contribution in [1.82, 2.24) is 5.32 Å². The molecule has 1 aliphatic carbocycles. The molecule has 0 spiro atoms. The smallest absolute Gasteiger partial charge is 0.240 e. The molecule has 1 amide bonds. The molecule has 0 saturated heterocycles. The molecule has 24 heavy (non-hydrogen) atoms. The van der Waals surface area contributed by atoms with Crippen molar-refractivity contribution < 1.29 is 9.53 Å². The van der Waals surface area contributed by atoms with Crippen LogP contribution in [0.5, 0.6) is 0 Å². The van der Waals surface area contributed by atoms with E-state index >= 15 is 0 Å². The van der Waals surface area contributed by atoms with Crippen LogP contribution in [0, 0.1) is 5.41 Å². The Labute approximate surface area is 154 Å². The van der Waals surface area contributed by atoms with E-state index in [0.717, 1.165) is 5.56 Å². The van der Waals surface area contributed by atoms with Crippen molar-refractivity contribution in [3.05, 3.63) is 33.8 Å². The van der Waals surface area contributed by atoms with Crippen LogP contribution in [0.2, 0.25) is 10.0 Å². The standard InChI is InChI=1S/C18H26Cl2N2O2/c1-5-24-14-9-18(21,17(14,3)4)16(23)22-10-11(2)15-12(19)7-6-8-13(15)20/h6-8,11,14H,5,9-10,21H2,1-4H3,(H,22,23). The Morgan fingerprint density at radius 3 is 2.50 bits per heavy atom. The number of nitrogens with one attached hydrogen (secondary N) is 1. The van der Waals surface area contributed by atoms with Crippen molar-refractivity contribution in [2.24, 2.45) is 11.1 Å². The van der Waals surface area contributed by atoms with Gasteiger partial charge < -0.3 is 15.8 Å². The second-order valence-electron chi connectivity index (χ2n) is 7.09. The van der Waals surface area contributed by atoms with Crippen molar-refractivity contribution in [2.45, 2.75) is 51.7 Å². The largest absolute Gasteiger partial charge is 0.378 e. The molecular formula is C18H26Cl2N2O2. The van der Waals surface area contributed by atoms with E-state index in [1.54, 1.807) is 18.2 Å². The van der Waals surface area contributed by atoms with Crippen molar-refractivity contribution in [3.8, 4) is 0 Å². The number of halogens is 2. The van der Waals surface area contributed by atoms with Gasteiger partial charge >= 0.3 is 0 Å². The van der Waals surface area contributed by atoms with Gasteiger partial charge in [0.25, 0.3) is 0 Å². The molecule has 4 nitrogen and oxygen atoms in total. The fraction of sp³-hybridized carbons (Fsp3) is 0.611. The van der Waals surface area contributed by atoms with E-state index in [1.807, 2.05) is 27.7 Å². The zero-order valence-corrected chi connectivity index (χ0v) is 16.2. The lowest BCUT2D eigenvalue weighted by molar-refractivity contribution is -0.170. The van der Waals surface area contributed by atoms with E-state index in [1.165, 1.54) is 0 Å². The first-order valence-corrected chi connectivity index (χ1v) is 9.03. The van der Waals surface area contributed by atoms with Crippen molar-refractivity contribution in [1.29, 1.82) is 0 Å². The Kier molecular flexibility index (Phi) is 5.86. The van der Waals surface area contributed by atoms with Crippen LogP contribution in [0.4, 0.5) is 0 Å². The monoisotopic (exact) mass is 372 g/mol. The van der Waals surface area contributed by atoms with Gasteiger partial charge in [-0.1, -0.05) is 50.0 Å². The van der Waals surface area contributed by atoms with E-state index in [-0.39, 0.29) is 17.9 Å². The van der Waals surface area contributed by atoms with Gasteiger partial charge in [-0.2, -0.15) is 0 Å². The van der Waals surface area contributed by atoms with Gasteiger partial charge in [-0.3, -0.25) is 4.79 Å². The molecule has 1 fully saturated rings. The minimum Gasteiger partial charge on any atom is -0.378 e. The second-order valence-corrected chi connectivity index (χ2v) is 7.90. The number of hydrogen-bond donors (Lipinski definition) is 2. The van der Waals surface area contributed by atoms with Gasteiger partial charge in [0.2, 0.25) is 5.91 Å². The predicted octanol–water partition coefficient (Wildman–Crippen LogP) is 3.75. The van der Waals surface area contributed by atoms with Gasteiger partial charge in [-0.15, -0.1) is 0 Å². The minimum atomic E-state index is -0.920. The molecule has 1 aromatic carbocycles. The average Bonchev–Trinajstić information content (AvgIpc) is 2.51. The van der Waals surface area contributed by atoms with Crippen LogP contribution in [-0.4, -0.2) is 30.7 Å². The number of amides is 1. The fourth-order valence-corrected chi connectivity index (χ4v) is 4.08. The van der Waals surface area contributed by atoms with Crippen LogP contribution in [0.25, 0.3) is 0 Å². The number of carbonyl (C=O) groups excluding carboxylic acids is 1. The van der Waals surface area contributed by atoms with Crippen molar-refractivity contribution in [3.63, 3.8) is 0 Å². The SMILES string of the molecule is CCOC1CC(N)(C(=O)NCC(C)c2c(Cl)cccc2Cl)C1(C)C. The van der Waals surface area contributed by atoms with E-state index < -0.39 is 11.0 Å². The summed E-state index contributed by atoms with van der Waals surface area (Å²) in [6.45, 7) is 8.92. The lowest BCUT2D eigenvalue weighted by Crippen LogP contribution is -2.75. The van der Waals surface area contributed by atoms with Crippen molar-refractivity contribution in [2.75, 3.05) is 13.2 Å². The highest BCUT2D eigenvalue weighted by atomic mass is 35.5. The van der Waals surface area contributed by atoms with E-state index in [9.17, 15) is 4.79 Å². The summed E-state index contributed by atoms with van der Waals surface area (Å²) < 4.78 is 5.67. The van der Waals surface area contributed by atoms with Crippen LogP contribution >= 0.6 is 23.2 Å². The van der Waals surface area contributed by atoms with Gasteiger partial charge in [-0.25, -0.2) is 0 Å². The third kappa shape index (κ3) is 3.30. The lowest BCUT2D eigenvalue weighted by Gasteiger charge is -2.57. The summed E-state index contributed by atoms with van der Waals surface area (Å²) in [6, 6.07) is 5.40. The Bertz CT molecular complexity index is 601. The molecule has 1 saturated carbocycles. The normalized spacial score (nSPS) is 26.5. The Morgan fingerprint density at radius 2 is 2.00 bits per heavy atom. The van der Waals surface area contributed by atoms with Crippen LogP contribution < -0.4 is 11.1 Å². The summed E-state index contributed by atoms with van der Waals surface area (Å²) in [6.07, 6.45) is 0.537. The molecule has 1 aliphatic rings. The molecule has 3 N–H and O–H groups in total. The molecule has 3 unspecified atom stereocenters. The van der Waals surface area contributed by atoms with Crippen LogP contribution in [0.1, 0.15) is 45.6 Å². The third-order valence-electron chi connectivity index (χ3n) is 5.30. The number of hydrogen-bond acceptors (Lipinski definition) is 3. The molecule has 6 heteroatoms. The summed E-state index contributed by atoms with van der Waals surface area (Å²) in [5.41, 5.74) is 5.90. The maximum Gasteiger partial charge on any atom is 0.240 e. The highest BCUT2D eigenvalue weighted by molar-refractivity contribution is 6.36. The fourth-order valence-electron chi connectivity index (χ4n) is 3.31. The Morgan fingerprint density at radius 1 is 1.42 bits per heavy atom. The highest BCUT2D eigenvalue weighted by Gasteiger charge is 2.62. The molecule has 3 atom stereocenters. The summed E-state index contributed by atoms with van der Waals surface area (Å²) in [7, 11) is 0. The zero-order valence-electron chi connectivity index (χ0n) is 14.7. The number of carbonyl (C=O) groups is 1. The first-order valence-electron chi connectivity index (χ1n) is 8.27. The first-order chi connectivity index (χ1) is 11.1. The highest BCUT2D eigenvalue weighted by Crippen LogP contribution is 2.49. The quantitative estimate of drug-likeness (QED) is 0.798. The van der Waals surface area contributed by atoms with Crippen LogP contribution in [0.15, 0.2) is 18.2 Å². The zero-order chi connectivity index (χ0) is 18.1. The van der Waals surface area contributed by atoms with E-state index in [2.05, 4.69) is 5.32 Å². The minimum absolute atomic E-state index is 0.00804. The molecule has 2 rings (SSSR count). The molecule has 0 radical (unpaired) electrons. The number of nitrogens with two attached hydrogens (primary N) is 1. The topological polar surface area (TPSA) is 64.3 Å². The molecule has 0 heterocycles. The molecule has 0 aliphatic heterocycles. The molecule has 0 bridgehead atoms. The van der Waals surface area contributed by atoms with Crippen LogP contribution in [0.3, 0.4) is 0 Å². The first kappa shape index (κ1) is 19.5.